The van der Waals surface area contributed by atoms with E-state index in [1.165, 1.54) is 6.92 Å². The topological polar surface area (TPSA) is 66.8 Å². The second-order valence-electron chi connectivity index (χ2n) is 5.10. The fourth-order valence-corrected chi connectivity index (χ4v) is 2.49. The molecule has 1 aromatic carbocycles. The van der Waals surface area contributed by atoms with Crippen LogP contribution in [-0.2, 0) is 9.59 Å². The van der Waals surface area contributed by atoms with Crippen molar-refractivity contribution in [3.8, 4) is 5.75 Å². The van der Waals surface area contributed by atoms with Crippen LogP contribution in [0.3, 0.4) is 0 Å². The average molecular weight is 277 g/mol. The van der Waals surface area contributed by atoms with Crippen LogP contribution in [0.4, 0.5) is 0 Å². The maximum absolute atomic E-state index is 12.0. The number of carboxylic acids is 1. The lowest BCUT2D eigenvalue weighted by Crippen LogP contribution is -2.36. The van der Waals surface area contributed by atoms with Crippen LogP contribution in [0.2, 0.25) is 0 Å². The van der Waals surface area contributed by atoms with Gasteiger partial charge in [-0.25, -0.2) is 0 Å². The van der Waals surface area contributed by atoms with Crippen LogP contribution >= 0.6 is 0 Å². The molecule has 2 unspecified atom stereocenters. The van der Waals surface area contributed by atoms with Gasteiger partial charge in [-0.3, -0.25) is 9.59 Å². The highest BCUT2D eigenvalue weighted by molar-refractivity contribution is 5.96. The van der Waals surface area contributed by atoms with Gasteiger partial charge in [0.25, 0.3) is 0 Å². The maximum Gasteiger partial charge on any atom is 0.315 e. The monoisotopic (exact) mass is 277 g/mol. The fourth-order valence-electron chi connectivity index (χ4n) is 2.49. The Hall–Kier alpha value is -2.04. The standard InChI is InChI=1S/C15H19NO4/c1-10(15(18)19)14(17)16-8-7-12(9-16)11-3-5-13(20-2)6-4-11/h3-6,10,12H,7-9H2,1-2H3,(H,18,19). The first-order valence-corrected chi connectivity index (χ1v) is 6.68. The van der Waals surface area contributed by atoms with E-state index in [0.29, 0.717) is 13.1 Å². The van der Waals surface area contributed by atoms with Crippen molar-refractivity contribution >= 4 is 11.9 Å². The highest BCUT2D eigenvalue weighted by atomic mass is 16.5. The summed E-state index contributed by atoms with van der Waals surface area (Å²) >= 11 is 0. The Labute approximate surface area is 118 Å². The number of carboxylic acid groups (broad SMARTS) is 1. The van der Waals surface area contributed by atoms with Crippen LogP contribution in [-0.4, -0.2) is 42.1 Å². The van der Waals surface area contributed by atoms with Crippen LogP contribution in [0.1, 0.15) is 24.8 Å². The molecule has 5 heteroatoms. The zero-order chi connectivity index (χ0) is 14.7. The van der Waals surface area contributed by atoms with Crippen LogP contribution in [0, 0.1) is 5.92 Å². The molecule has 1 saturated heterocycles. The van der Waals surface area contributed by atoms with Crippen molar-refractivity contribution in [2.75, 3.05) is 20.2 Å². The van der Waals surface area contributed by atoms with Crippen molar-refractivity contribution in [3.63, 3.8) is 0 Å². The summed E-state index contributed by atoms with van der Waals surface area (Å²) in [6.45, 7) is 2.64. The summed E-state index contributed by atoms with van der Waals surface area (Å²) in [6, 6.07) is 7.80. The van der Waals surface area contributed by atoms with Crippen LogP contribution in [0.5, 0.6) is 5.75 Å². The third-order valence-electron chi connectivity index (χ3n) is 3.83. The lowest BCUT2D eigenvalue weighted by Gasteiger charge is -2.19. The number of benzene rings is 1. The van der Waals surface area contributed by atoms with Gasteiger partial charge in [0.05, 0.1) is 7.11 Å². The van der Waals surface area contributed by atoms with Crippen molar-refractivity contribution in [1.29, 1.82) is 0 Å². The summed E-state index contributed by atoms with van der Waals surface area (Å²) in [4.78, 5) is 24.5. The highest BCUT2D eigenvalue weighted by Crippen LogP contribution is 2.29. The van der Waals surface area contributed by atoms with Crippen molar-refractivity contribution in [1.82, 2.24) is 4.90 Å². The number of hydrogen-bond acceptors (Lipinski definition) is 3. The lowest BCUT2D eigenvalue weighted by atomic mass is 9.98. The summed E-state index contributed by atoms with van der Waals surface area (Å²) in [5.41, 5.74) is 1.16. The zero-order valence-electron chi connectivity index (χ0n) is 11.7. The molecule has 1 heterocycles. The molecular weight excluding hydrogens is 258 g/mol. The lowest BCUT2D eigenvalue weighted by molar-refractivity contribution is -0.149. The first kappa shape index (κ1) is 14.4. The van der Waals surface area contributed by atoms with E-state index < -0.39 is 11.9 Å². The Morgan fingerprint density at radius 2 is 2.00 bits per heavy atom. The van der Waals surface area contributed by atoms with Gasteiger partial charge in [-0.15, -0.1) is 0 Å². The average Bonchev–Trinajstić information content (AvgIpc) is 2.95. The molecule has 1 fully saturated rings. The van der Waals surface area contributed by atoms with Crippen molar-refractivity contribution < 1.29 is 19.4 Å². The molecule has 0 saturated carbocycles. The van der Waals surface area contributed by atoms with E-state index in [0.717, 1.165) is 17.7 Å². The SMILES string of the molecule is COc1ccc(C2CCN(C(=O)C(C)C(=O)O)C2)cc1. The van der Waals surface area contributed by atoms with Gasteiger partial charge in [-0.05, 0) is 31.0 Å². The predicted molar refractivity (Wildman–Crippen MR) is 73.7 cm³/mol. The number of ether oxygens (including phenoxy) is 1. The summed E-state index contributed by atoms with van der Waals surface area (Å²) in [5, 5.41) is 8.89. The fraction of sp³-hybridized carbons (Fsp3) is 0.467. The van der Waals surface area contributed by atoms with Gasteiger partial charge >= 0.3 is 5.97 Å². The second kappa shape index (κ2) is 5.94. The summed E-state index contributed by atoms with van der Waals surface area (Å²) in [7, 11) is 1.62. The van der Waals surface area contributed by atoms with Crippen molar-refractivity contribution in [2.24, 2.45) is 5.92 Å². The number of aliphatic carboxylic acids is 1. The van der Waals surface area contributed by atoms with E-state index in [2.05, 4.69) is 0 Å². The Kier molecular flexibility index (Phi) is 4.27. The van der Waals surface area contributed by atoms with Gasteiger partial charge in [0, 0.05) is 19.0 Å². The number of hydrogen-bond donors (Lipinski definition) is 1. The van der Waals surface area contributed by atoms with Gasteiger partial charge in [0.1, 0.15) is 11.7 Å². The molecule has 108 valence electrons. The third-order valence-corrected chi connectivity index (χ3v) is 3.83. The quantitative estimate of drug-likeness (QED) is 0.851. The Morgan fingerprint density at radius 3 is 2.55 bits per heavy atom. The molecule has 1 aromatic rings. The molecule has 0 aromatic heterocycles. The van der Waals surface area contributed by atoms with Gasteiger partial charge in [-0.1, -0.05) is 12.1 Å². The van der Waals surface area contributed by atoms with Gasteiger partial charge < -0.3 is 14.7 Å². The molecular formula is C15H19NO4. The molecule has 5 nitrogen and oxygen atoms in total. The first-order valence-electron chi connectivity index (χ1n) is 6.68. The Morgan fingerprint density at radius 1 is 1.35 bits per heavy atom. The number of nitrogens with zero attached hydrogens (tertiary/aromatic N) is 1. The van der Waals surface area contributed by atoms with Gasteiger partial charge in [-0.2, -0.15) is 0 Å². The summed E-state index contributed by atoms with van der Waals surface area (Å²) in [6.07, 6.45) is 0.865. The molecule has 2 rings (SSSR count). The van der Waals surface area contributed by atoms with E-state index in [4.69, 9.17) is 9.84 Å². The summed E-state index contributed by atoms with van der Waals surface area (Å²) in [5.74, 6) is -1.26. The molecule has 1 aliphatic heterocycles. The molecule has 1 aliphatic rings. The highest BCUT2D eigenvalue weighted by Gasteiger charge is 2.32. The number of likely N-dealkylation sites (tertiary alicyclic amines) is 1. The maximum atomic E-state index is 12.0. The minimum absolute atomic E-state index is 0.269. The minimum atomic E-state index is -1.07. The number of carbonyl (C=O) groups excluding carboxylic acids is 1. The van der Waals surface area contributed by atoms with E-state index in [1.54, 1.807) is 12.0 Å². The zero-order valence-corrected chi connectivity index (χ0v) is 11.7. The normalized spacial score (nSPS) is 19.7. The predicted octanol–water partition coefficient (Wildman–Crippen LogP) is 1.73. The van der Waals surface area contributed by atoms with E-state index in [9.17, 15) is 9.59 Å². The Balaban J connectivity index is 2.01. The number of carbonyl (C=O) groups is 2. The molecule has 0 aliphatic carbocycles. The van der Waals surface area contributed by atoms with Gasteiger partial charge in [0.2, 0.25) is 5.91 Å². The molecule has 1 N–H and O–H groups in total. The van der Waals surface area contributed by atoms with E-state index >= 15 is 0 Å². The van der Waals surface area contributed by atoms with Crippen LogP contribution < -0.4 is 4.74 Å². The van der Waals surface area contributed by atoms with E-state index in [1.807, 2.05) is 24.3 Å². The van der Waals surface area contributed by atoms with Crippen LogP contribution in [0.25, 0.3) is 0 Å². The molecule has 20 heavy (non-hydrogen) atoms. The molecule has 0 radical (unpaired) electrons. The Bertz CT molecular complexity index is 497. The van der Waals surface area contributed by atoms with Gasteiger partial charge in [0.15, 0.2) is 0 Å². The molecule has 1 amide bonds. The summed E-state index contributed by atoms with van der Waals surface area (Å²) < 4.78 is 5.12. The number of methoxy groups -OCH3 is 1. The first-order chi connectivity index (χ1) is 9.52. The van der Waals surface area contributed by atoms with Crippen molar-refractivity contribution in [3.05, 3.63) is 29.8 Å². The van der Waals surface area contributed by atoms with Crippen LogP contribution in [0.15, 0.2) is 24.3 Å². The van der Waals surface area contributed by atoms with E-state index in [-0.39, 0.29) is 11.8 Å². The molecule has 0 bridgehead atoms. The number of rotatable bonds is 4. The van der Waals surface area contributed by atoms with Crippen molar-refractivity contribution in [2.45, 2.75) is 19.3 Å². The molecule has 2 atom stereocenters. The number of amides is 1. The molecule has 0 spiro atoms. The second-order valence-corrected chi connectivity index (χ2v) is 5.10. The largest absolute Gasteiger partial charge is 0.497 e. The third kappa shape index (κ3) is 2.92. The minimum Gasteiger partial charge on any atom is -0.497 e. The smallest absolute Gasteiger partial charge is 0.315 e.